The van der Waals surface area contributed by atoms with E-state index in [4.69, 9.17) is 18.9 Å². The van der Waals surface area contributed by atoms with E-state index >= 15 is 0 Å². The van der Waals surface area contributed by atoms with Crippen molar-refractivity contribution in [2.45, 2.75) is 5.16 Å². The number of carbonyl (C=O) groups excluding carboxylic acids is 1. The van der Waals surface area contributed by atoms with Gasteiger partial charge in [-0.1, -0.05) is 11.8 Å². The molecule has 0 aliphatic carbocycles. The predicted octanol–water partition coefficient (Wildman–Crippen LogP) is 3.31. The second kappa shape index (κ2) is 9.48. The van der Waals surface area contributed by atoms with Gasteiger partial charge < -0.3 is 24.3 Å². The zero-order valence-corrected chi connectivity index (χ0v) is 19.3. The Balaban J connectivity index is 1.30. The fraction of sp³-hybridized carbons (Fsp3) is 0.217. The molecule has 2 aromatic carbocycles. The van der Waals surface area contributed by atoms with E-state index in [1.54, 1.807) is 36.9 Å². The molecule has 0 fully saturated rings. The smallest absolute Gasteiger partial charge is 0.234 e. The monoisotopic (exact) mass is 479 g/mol. The van der Waals surface area contributed by atoms with Crippen LogP contribution in [0.2, 0.25) is 0 Å². The van der Waals surface area contributed by atoms with Crippen molar-refractivity contribution < 1.29 is 23.7 Å². The van der Waals surface area contributed by atoms with Gasteiger partial charge in [0.15, 0.2) is 28.6 Å². The van der Waals surface area contributed by atoms with Gasteiger partial charge >= 0.3 is 0 Å². The number of thioether (sulfide) groups is 1. The molecule has 0 saturated carbocycles. The molecule has 3 heterocycles. The van der Waals surface area contributed by atoms with Gasteiger partial charge in [-0.25, -0.2) is 0 Å². The summed E-state index contributed by atoms with van der Waals surface area (Å²) in [4.78, 5) is 12.5. The molecular formula is C23H21N5O5S. The number of amides is 1. The van der Waals surface area contributed by atoms with Gasteiger partial charge in [0.2, 0.25) is 11.1 Å². The van der Waals surface area contributed by atoms with Crippen molar-refractivity contribution in [2.75, 3.05) is 38.5 Å². The summed E-state index contributed by atoms with van der Waals surface area (Å²) in [6.07, 6.45) is 0. The van der Waals surface area contributed by atoms with Gasteiger partial charge in [0, 0.05) is 17.3 Å². The van der Waals surface area contributed by atoms with Crippen molar-refractivity contribution in [2.24, 2.45) is 0 Å². The second-order valence-electron chi connectivity index (χ2n) is 7.24. The normalized spacial score (nSPS) is 12.4. The largest absolute Gasteiger partial charge is 0.493 e. The molecule has 0 atom stereocenters. The topological polar surface area (TPSA) is 109 Å². The number of benzene rings is 2. The summed E-state index contributed by atoms with van der Waals surface area (Å²) >= 11 is 1.24. The number of carbonyl (C=O) groups is 1. The molecule has 0 bridgehead atoms. The standard InChI is InChI=1S/C23H21N5O5S/c1-30-17-6-3-14(11-19(17)31-2)16-5-8-21-25-26-23(28(21)27-16)34-13-22(29)24-15-4-7-18-20(12-15)33-10-9-32-18/h3-8,11-12H,9-10,13H2,1-2H3,(H,24,29). The van der Waals surface area contributed by atoms with E-state index < -0.39 is 0 Å². The van der Waals surface area contributed by atoms with Crippen LogP contribution in [0.3, 0.4) is 0 Å². The van der Waals surface area contributed by atoms with Crippen LogP contribution < -0.4 is 24.3 Å². The zero-order valence-electron chi connectivity index (χ0n) is 18.5. The minimum absolute atomic E-state index is 0.136. The van der Waals surface area contributed by atoms with Crippen molar-refractivity contribution in [1.82, 2.24) is 19.8 Å². The Kier molecular flexibility index (Phi) is 6.09. The SMILES string of the molecule is COc1ccc(-c2ccc3nnc(SCC(=O)Nc4ccc5c(c4)OCCO5)n3n2)cc1OC. The number of nitrogens with one attached hydrogen (secondary N) is 1. The third kappa shape index (κ3) is 4.42. The molecule has 1 aliphatic rings. The first kappa shape index (κ1) is 21.8. The number of ether oxygens (including phenoxy) is 4. The van der Waals surface area contributed by atoms with Crippen LogP contribution in [0.1, 0.15) is 0 Å². The average Bonchev–Trinajstić information content (AvgIpc) is 3.29. The van der Waals surface area contributed by atoms with Crippen LogP contribution in [0.5, 0.6) is 23.0 Å². The highest BCUT2D eigenvalue weighted by Gasteiger charge is 2.15. The molecule has 174 valence electrons. The van der Waals surface area contributed by atoms with Gasteiger partial charge in [0.05, 0.1) is 25.7 Å². The molecule has 5 rings (SSSR count). The van der Waals surface area contributed by atoms with E-state index in [2.05, 4.69) is 20.6 Å². The minimum Gasteiger partial charge on any atom is -0.493 e. The first-order valence-corrected chi connectivity index (χ1v) is 11.4. The minimum atomic E-state index is -0.186. The van der Waals surface area contributed by atoms with Gasteiger partial charge in [-0.3, -0.25) is 4.79 Å². The number of nitrogens with zero attached hydrogens (tertiary/aromatic N) is 4. The maximum absolute atomic E-state index is 12.5. The van der Waals surface area contributed by atoms with Gasteiger partial charge in [-0.15, -0.1) is 10.2 Å². The highest BCUT2D eigenvalue weighted by molar-refractivity contribution is 7.99. The molecule has 11 heteroatoms. The van der Waals surface area contributed by atoms with E-state index in [1.807, 2.05) is 30.3 Å². The Morgan fingerprint density at radius 2 is 1.82 bits per heavy atom. The summed E-state index contributed by atoms with van der Waals surface area (Å²) in [6.45, 7) is 1.00. The fourth-order valence-electron chi connectivity index (χ4n) is 3.46. The molecule has 0 spiro atoms. The van der Waals surface area contributed by atoms with Crippen molar-refractivity contribution in [3.8, 4) is 34.3 Å². The summed E-state index contributed by atoms with van der Waals surface area (Å²) in [5, 5.41) is 16.4. The molecule has 0 unspecified atom stereocenters. The zero-order chi connectivity index (χ0) is 23.5. The lowest BCUT2D eigenvalue weighted by Crippen LogP contribution is -2.17. The van der Waals surface area contributed by atoms with Crippen molar-refractivity contribution in [3.05, 3.63) is 48.5 Å². The number of methoxy groups -OCH3 is 2. The summed E-state index contributed by atoms with van der Waals surface area (Å²) in [6, 6.07) is 14.6. The van der Waals surface area contributed by atoms with E-state index in [0.29, 0.717) is 58.4 Å². The Morgan fingerprint density at radius 3 is 2.65 bits per heavy atom. The molecule has 34 heavy (non-hydrogen) atoms. The number of hydrogen-bond acceptors (Lipinski definition) is 9. The lowest BCUT2D eigenvalue weighted by molar-refractivity contribution is -0.113. The number of fused-ring (bicyclic) bond motifs is 2. The van der Waals surface area contributed by atoms with E-state index in [9.17, 15) is 4.79 Å². The maximum atomic E-state index is 12.5. The number of anilines is 1. The van der Waals surface area contributed by atoms with E-state index in [0.717, 1.165) is 5.56 Å². The molecule has 1 amide bonds. The Morgan fingerprint density at radius 1 is 1.00 bits per heavy atom. The summed E-state index contributed by atoms with van der Waals surface area (Å²) in [5.74, 6) is 2.48. The molecule has 10 nitrogen and oxygen atoms in total. The lowest BCUT2D eigenvalue weighted by atomic mass is 10.1. The molecule has 0 radical (unpaired) electrons. The van der Waals surface area contributed by atoms with Crippen LogP contribution in [0.25, 0.3) is 16.9 Å². The van der Waals surface area contributed by atoms with Crippen LogP contribution in [0.4, 0.5) is 5.69 Å². The molecule has 4 aromatic rings. The summed E-state index contributed by atoms with van der Waals surface area (Å²) < 4.78 is 23.4. The Bertz CT molecular complexity index is 1360. The van der Waals surface area contributed by atoms with Gasteiger partial charge in [0.25, 0.3) is 0 Å². The molecule has 1 aliphatic heterocycles. The van der Waals surface area contributed by atoms with E-state index in [-0.39, 0.29) is 11.7 Å². The number of rotatable bonds is 7. The molecule has 1 N–H and O–H groups in total. The van der Waals surface area contributed by atoms with Gasteiger partial charge in [0.1, 0.15) is 13.2 Å². The van der Waals surface area contributed by atoms with Crippen LogP contribution in [0.15, 0.2) is 53.7 Å². The summed E-state index contributed by atoms with van der Waals surface area (Å²) in [5.41, 5.74) is 2.77. The number of hydrogen-bond donors (Lipinski definition) is 1. The second-order valence-corrected chi connectivity index (χ2v) is 8.18. The molecule has 0 saturated heterocycles. The number of aromatic nitrogens is 4. The fourth-order valence-corrected chi connectivity index (χ4v) is 4.14. The summed E-state index contributed by atoms with van der Waals surface area (Å²) in [7, 11) is 3.18. The highest BCUT2D eigenvalue weighted by atomic mass is 32.2. The molecular weight excluding hydrogens is 458 g/mol. The Labute approximate surface area is 199 Å². The van der Waals surface area contributed by atoms with Crippen LogP contribution in [-0.2, 0) is 4.79 Å². The van der Waals surface area contributed by atoms with Crippen LogP contribution in [-0.4, -0.2) is 58.9 Å². The van der Waals surface area contributed by atoms with Crippen molar-refractivity contribution >= 4 is 29.0 Å². The first-order chi connectivity index (χ1) is 16.6. The predicted molar refractivity (Wildman–Crippen MR) is 126 cm³/mol. The highest BCUT2D eigenvalue weighted by Crippen LogP contribution is 2.33. The maximum Gasteiger partial charge on any atom is 0.234 e. The van der Waals surface area contributed by atoms with Gasteiger partial charge in [-0.2, -0.15) is 9.61 Å². The van der Waals surface area contributed by atoms with Crippen molar-refractivity contribution in [1.29, 1.82) is 0 Å². The Hall–Kier alpha value is -3.99. The quantitative estimate of drug-likeness (QED) is 0.399. The lowest BCUT2D eigenvalue weighted by Gasteiger charge is -2.18. The third-order valence-electron chi connectivity index (χ3n) is 5.07. The average molecular weight is 480 g/mol. The van der Waals surface area contributed by atoms with Gasteiger partial charge in [-0.05, 0) is 42.5 Å². The van der Waals surface area contributed by atoms with Crippen LogP contribution in [0, 0.1) is 0 Å². The first-order valence-electron chi connectivity index (χ1n) is 10.4. The van der Waals surface area contributed by atoms with Crippen LogP contribution >= 0.6 is 11.8 Å². The van der Waals surface area contributed by atoms with Crippen molar-refractivity contribution in [3.63, 3.8) is 0 Å². The van der Waals surface area contributed by atoms with E-state index in [1.165, 1.54) is 11.8 Å². The molecule has 2 aromatic heterocycles. The third-order valence-corrected chi connectivity index (χ3v) is 5.99.